The number of fused-ring (bicyclic) bond motifs is 1. The Morgan fingerprint density at radius 3 is 2.12 bits per heavy atom. The van der Waals surface area contributed by atoms with Crippen molar-refractivity contribution in [3.8, 4) is 5.75 Å². The van der Waals surface area contributed by atoms with Gasteiger partial charge in [-0.25, -0.2) is 0 Å². The van der Waals surface area contributed by atoms with E-state index >= 15 is 0 Å². The molecule has 1 aliphatic rings. The lowest BCUT2D eigenvalue weighted by molar-refractivity contribution is -0.277. The first-order valence-electron chi connectivity index (χ1n) is 10.5. The second kappa shape index (κ2) is 9.73. The van der Waals surface area contributed by atoms with E-state index in [0.29, 0.717) is 11.1 Å². The standard InChI is InChI=1S/C25H23F3O6/c26-25(27,28)18-9-6-14(7-10-18)5-8-17-11-15-3-1-2-4-16(15)12-19(17)33-24-23(32)22(31)21(30)20(13-29)34-24/h1-12,20-24,29-32H,13H2/b8-5+/t20-,21-,22+,23-,24?/m1/s1. The normalized spacial score (nSPS) is 25.7. The fourth-order valence-electron chi connectivity index (χ4n) is 3.73. The highest BCUT2D eigenvalue weighted by atomic mass is 19.4. The van der Waals surface area contributed by atoms with Gasteiger partial charge in [-0.15, -0.1) is 0 Å². The molecule has 34 heavy (non-hydrogen) atoms. The second-order valence-corrected chi connectivity index (χ2v) is 8.01. The molecule has 1 saturated heterocycles. The van der Waals surface area contributed by atoms with Crippen molar-refractivity contribution in [2.24, 2.45) is 0 Å². The average Bonchev–Trinajstić information content (AvgIpc) is 2.82. The average molecular weight is 476 g/mol. The number of halogens is 3. The van der Waals surface area contributed by atoms with Gasteiger partial charge in [0.25, 0.3) is 0 Å². The first-order chi connectivity index (χ1) is 16.2. The second-order valence-electron chi connectivity index (χ2n) is 8.01. The van der Waals surface area contributed by atoms with Crippen LogP contribution in [0.4, 0.5) is 13.2 Å². The smallest absolute Gasteiger partial charge is 0.416 e. The van der Waals surface area contributed by atoms with E-state index in [9.17, 15) is 33.6 Å². The Kier molecular flexibility index (Phi) is 6.92. The maximum atomic E-state index is 12.8. The maximum Gasteiger partial charge on any atom is 0.416 e. The molecule has 0 amide bonds. The number of aliphatic hydroxyl groups excluding tert-OH is 4. The van der Waals surface area contributed by atoms with Crippen molar-refractivity contribution in [1.29, 1.82) is 0 Å². The van der Waals surface area contributed by atoms with Gasteiger partial charge in [0.1, 0.15) is 30.2 Å². The summed E-state index contributed by atoms with van der Waals surface area (Å²) in [6.07, 6.45) is -8.37. The van der Waals surface area contributed by atoms with Crippen molar-refractivity contribution in [1.82, 2.24) is 0 Å². The van der Waals surface area contributed by atoms with E-state index in [1.807, 2.05) is 24.3 Å². The van der Waals surface area contributed by atoms with Crippen molar-refractivity contribution < 1.29 is 43.1 Å². The number of alkyl halides is 3. The van der Waals surface area contributed by atoms with E-state index in [-0.39, 0.29) is 5.75 Å². The van der Waals surface area contributed by atoms with Gasteiger partial charge in [0.15, 0.2) is 0 Å². The first-order valence-corrected chi connectivity index (χ1v) is 10.5. The van der Waals surface area contributed by atoms with Crippen LogP contribution in [0.3, 0.4) is 0 Å². The highest BCUT2D eigenvalue weighted by Gasteiger charge is 2.44. The molecule has 0 bridgehead atoms. The fraction of sp³-hybridized carbons (Fsp3) is 0.280. The Hall–Kier alpha value is -2.95. The summed E-state index contributed by atoms with van der Waals surface area (Å²) in [7, 11) is 0. The van der Waals surface area contributed by atoms with Crippen molar-refractivity contribution in [3.05, 3.63) is 77.4 Å². The molecule has 0 spiro atoms. The van der Waals surface area contributed by atoms with Gasteiger partial charge in [0, 0.05) is 5.56 Å². The van der Waals surface area contributed by atoms with E-state index in [1.165, 1.54) is 12.1 Å². The van der Waals surface area contributed by atoms with Gasteiger partial charge in [-0.1, -0.05) is 48.6 Å². The van der Waals surface area contributed by atoms with Crippen LogP contribution in [0.25, 0.3) is 22.9 Å². The molecule has 1 aliphatic heterocycles. The van der Waals surface area contributed by atoms with Crippen molar-refractivity contribution in [3.63, 3.8) is 0 Å². The van der Waals surface area contributed by atoms with Crippen LogP contribution in [-0.4, -0.2) is 57.7 Å². The van der Waals surface area contributed by atoms with Crippen LogP contribution in [0.1, 0.15) is 16.7 Å². The zero-order chi connectivity index (χ0) is 24.5. The van der Waals surface area contributed by atoms with Crippen molar-refractivity contribution in [2.45, 2.75) is 36.9 Å². The lowest BCUT2D eigenvalue weighted by Crippen LogP contribution is -2.60. The van der Waals surface area contributed by atoms with Crippen LogP contribution in [0.15, 0.2) is 60.7 Å². The number of ether oxygens (including phenoxy) is 2. The molecule has 1 fully saturated rings. The zero-order valence-corrected chi connectivity index (χ0v) is 17.8. The molecule has 0 aliphatic carbocycles. The third-order valence-electron chi connectivity index (χ3n) is 5.66. The summed E-state index contributed by atoms with van der Waals surface area (Å²) in [5.74, 6) is 0.270. The minimum Gasteiger partial charge on any atom is -0.461 e. The molecule has 0 saturated carbocycles. The van der Waals surface area contributed by atoms with Gasteiger partial charge >= 0.3 is 6.18 Å². The topological polar surface area (TPSA) is 99.4 Å². The molecule has 5 atom stereocenters. The Labute approximate surface area is 193 Å². The number of rotatable bonds is 5. The van der Waals surface area contributed by atoms with Gasteiger partial charge < -0.3 is 29.9 Å². The van der Waals surface area contributed by atoms with Gasteiger partial charge in [-0.3, -0.25) is 0 Å². The Morgan fingerprint density at radius 2 is 1.50 bits per heavy atom. The summed E-state index contributed by atoms with van der Waals surface area (Å²) in [5.41, 5.74) is 0.317. The van der Waals surface area contributed by atoms with Gasteiger partial charge in [-0.2, -0.15) is 13.2 Å². The minimum atomic E-state index is -4.42. The third kappa shape index (κ3) is 5.08. The molecule has 1 heterocycles. The Morgan fingerprint density at radius 1 is 0.853 bits per heavy atom. The number of hydrogen-bond acceptors (Lipinski definition) is 6. The Bertz CT molecular complexity index is 1160. The van der Waals surface area contributed by atoms with Gasteiger partial charge in [-0.05, 0) is 40.6 Å². The molecule has 3 aromatic carbocycles. The van der Waals surface area contributed by atoms with E-state index in [2.05, 4.69) is 0 Å². The summed E-state index contributed by atoms with van der Waals surface area (Å²) in [6, 6.07) is 15.6. The largest absolute Gasteiger partial charge is 0.461 e. The van der Waals surface area contributed by atoms with Crippen LogP contribution in [0, 0.1) is 0 Å². The van der Waals surface area contributed by atoms with Crippen LogP contribution >= 0.6 is 0 Å². The molecule has 4 N–H and O–H groups in total. The predicted octanol–water partition coefficient (Wildman–Crippen LogP) is 3.21. The van der Waals surface area contributed by atoms with Crippen molar-refractivity contribution >= 4 is 22.9 Å². The zero-order valence-electron chi connectivity index (χ0n) is 17.8. The SMILES string of the molecule is OC[C@H]1OC(Oc2cc3ccccc3cc2/C=C/c2ccc(C(F)(F)F)cc2)[C@H](O)[C@@H](O)[C@@H]1O. The summed E-state index contributed by atoms with van der Waals surface area (Å²) in [4.78, 5) is 0. The van der Waals surface area contributed by atoms with E-state index < -0.39 is 49.1 Å². The lowest BCUT2D eigenvalue weighted by Gasteiger charge is -2.39. The molecule has 4 rings (SSSR count). The molecular formula is C25H23F3O6. The molecule has 1 unspecified atom stereocenters. The Balaban J connectivity index is 1.66. The maximum absolute atomic E-state index is 12.8. The van der Waals surface area contributed by atoms with Gasteiger partial charge in [0.2, 0.25) is 6.29 Å². The molecule has 0 aromatic heterocycles. The predicted molar refractivity (Wildman–Crippen MR) is 119 cm³/mol. The van der Waals surface area contributed by atoms with Gasteiger partial charge in [0.05, 0.1) is 12.2 Å². The van der Waals surface area contributed by atoms with Crippen LogP contribution < -0.4 is 4.74 Å². The van der Waals surface area contributed by atoms with E-state index in [4.69, 9.17) is 9.47 Å². The highest BCUT2D eigenvalue weighted by molar-refractivity contribution is 5.88. The monoisotopic (exact) mass is 476 g/mol. The molecule has 180 valence electrons. The minimum absolute atomic E-state index is 0.270. The van der Waals surface area contributed by atoms with Crippen LogP contribution in [0.2, 0.25) is 0 Å². The summed E-state index contributed by atoms with van der Waals surface area (Å²) < 4.78 is 49.7. The molecule has 3 aromatic rings. The van der Waals surface area contributed by atoms with Crippen LogP contribution in [-0.2, 0) is 10.9 Å². The highest BCUT2D eigenvalue weighted by Crippen LogP contribution is 2.32. The summed E-state index contributed by atoms with van der Waals surface area (Å²) in [6.45, 7) is -0.594. The van der Waals surface area contributed by atoms with E-state index in [1.54, 1.807) is 24.3 Å². The fourth-order valence-corrected chi connectivity index (χ4v) is 3.73. The van der Waals surface area contributed by atoms with Crippen LogP contribution in [0.5, 0.6) is 5.75 Å². The molecular weight excluding hydrogens is 453 g/mol. The lowest BCUT2D eigenvalue weighted by atomic mass is 9.99. The number of hydrogen-bond donors (Lipinski definition) is 4. The molecule has 6 nitrogen and oxygen atoms in total. The quantitative estimate of drug-likeness (QED) is 0.422. The first kappa shape index (κ1) is 24.2. The summed E-state index contributed by atoms with van der Waals surface area (Å²) >= 11 is 0. The van der Waals surface area contributed by atoms with E-state index in [0.717, 1.165) is 22.9 Å². The summed E-state index contributed by atoms with van der Waals surface area (Å²) in [5, 5.41) is 41.5. The van der Waals surface area contributed by atoms with Crippen molar-refractivity contribution in [2.75, 3.05) is 6.61 Å². The molecule has 0 radical (unpaired) electrons. The molecule has 9 heteroatoms. The number of aliphatic hydroxyl groups is 4. The number of benzene rings is 3. The third-order valence-corrected chi connectivity index (χ3v) is 5.66.